The summed E-state index contributed by atoms with van der Waals surface area (Å²) in [5.74, 6) is 0.850. The maximum Gasteiger partial charge on any atom is 0.154 e. The molecule has 2 aliphatic rings. The molecule has 0 aromatic heterocycles. The van der Waals surface area contributed by atoms with Gasteiger partial charge < -0.3 is 5.32 Å². The van der Waals surface area contributed by atoms with Crippen molar-refractivity contribution in [2.75, 3.05) is 12.3 Å². The molecule has 2 unspecified atom stereocenters. The molecule has 0 aromatic carbocycles. The molecule has 0 aromatic rings. The van der Waals surface area contributed by atoms with Gasteiger partial charge in [-0.25, -0.2) is 8.42 Å². The average molecular weight is 301 g/mol. The first-order valence-corrected chi connectivity index (χ1v) is 10.0. The first-order valence-electron chi connectivity index (χ1n) is 8.32. The average Bonchev–Trinajstić information content (AvgIpc) is 2.83. The third-order valence-electron chi connectivity index (χ3n) is 5.35. The van der Waals surface area contributed by atoms with Crippen molar-refractivity contribution in [2.24, 2.45) is 11.3 Å². The van der Waals surface area contributed by atoms with E-state index in [1.807, 2.05) is 0 Å². The van der Waals surface area contributed by atoms with Crippen molar-refractivity contribution in [3.8, 4) is 0 Å². The van der Waals surface area contributed by atoms with Crippen LogP contribution in [0.1, 0.15) is 65.7 Å². The zero-order valence-electron chi connectivity index (χ0n) is 13.3. The van der Waals surface area contributed by atoms with Crippen molar-refractivity contribution in [1.82, 2.24) is 5.32 Å². The number of rotatable bonds is 5. The highest BCUT2D eigenvalue weighted by Gasteiger charge is 2.45. The summed E-state index contributed by atoms with van der Waals surface area (Å²) in [7, 11) is -2.97. The van der Waals surface area contributed by atoms with Gasteiger partial charge in [0.2, 0.25) is 0 Å². The van der Waals surface area contributed by atoms with E-state index in [4.69, 9.17) is 0 Å². The molecule has 2 fully saturated rings. The van der Waals surface area contributed by atoms with Gasteiger partial charge in [0.05, 0.1) is 11.0 Å². The zero-order chi connectivity index (χ0) is 14.8. The van der Waals surface area contributed by atoms with Crippen molar-refractivity contribution in [1.29, 1.82) is 0 Å². The quantitative estimate of drug-likeness (QED) is 0.848. The van der Waals surface area contributed by atoms with Gasteiger partial charge in [0.1, 0.15) is 0 Å². The van der Waals surface area contributed by atoms with E-state index in [1.54, 1.807) is 0 Å². The van der Waals surface area contributed by atoms with Crippen LogP contribution in [0.15, 0.2) is 0 Å². The molecule has 0 saturated heterocycles. The van der Waals surface area contributed by atoms with E-state index in [1.165, 1.54) is 12.8 Å². The molecule has 20 heavy (non-hydrogen) atoms. The molecule has 118 valence electrons. The molecule has 0 amide bonds. The Morgan fingerprint density at radius 1 is 1.10 bits per heavy atom. The van der Waals surface area contributed by atoms with Crippen LogP contribution in [0, 0.1) is 11.3 Å². The monoisotopic (exact) mass is 301 g/mol. The maximum absolute atomic E-state index is 12.9. The van der Waals surface area contributed by atoms with E-state index in [0.717, 1.165) is 38.6 Å². The summed E-state index contributed by atoms with van der Waals surface area (Å²) in [5, 5.41) is 3.30. The number of sulfone groups is 1. The summed E-state index contributed by atoms with van der Waals surface area (Å²) in [4.78, 5) is 0. The topological polar surface area (TPSA) is 46.2 Å². The Kier molecular flexibility index (Phi) is 5.17. The minimum absolute atomic E-state index is 0.0850. The summed E-state index contributed by atoms with van der Waals surface area (Å²) in [6, 6.07) is 0.118. The lowest BCUT2D eigenvalue weighted by Gasteiger charge is -2.44. The summed E-state index contributed by atoms with van der Waals surface area (Å²) in [5.41, 5.74) is 0.0850. The lowest BCUT2D eigenvalue weighted by Crippen LogP contribution is -2.55. The molecule has 2 saturated carbocycles. The van der Waals surface area contributed by atoms with Crippen LogP contribution in [0.5, 0.6) is 0 Å². The van der Waals surface area contributed by atoms with E-state index in [2.05, 4.69) is 26.1 Å². The van der Waals surface area contributed by atoms with Crippen molar-refractivity contribution >= 4 is 9.84 Å². The number of hydrogen-bond donors (Lipinski definition) is 1. The smallest absolute Gasteiger partial charge is 0.154 e. The fraction of sp³-hybridized carbons (Fsp3) is 1.00. The van der Waals surface area contributed by atoms with Gasteiger partial charge in [0, 0.05) is 6.04 Å². The lowest BCUT2D eigenvalue weighted by atomic mass is 9.73. The third kappa shape index (κ3) is 3.56. The molecule has 0 aliphatic heterocycles. The zero-order valence-corrected chi connectivity index (χ0v) is 14.1. The Morgan fingerprint density at radius 2 is 1.75 bits per heavy atom. The van der Waals surface area contributed by atoms with Crippen LogP contribution < -0.4 is 5.32 Å². The fourth-order valence-corrected chi connectivity index (χ4v) is 6.87. The summed E-state index contributed by atoms with van der Waals surface area (Å²) in [6.07, 6.45) is 7.67. The van der Waals surface area contributed by atoms with Gasteiger partial charge in [-0.2, -0.15) is 0 Å². The molecule has 0 spiro atoms. The second-order valence-electron chi connectivity index (χ2n) is 7.43. The van der Waals surface area contributed by atoms with Gasteiger partial charge in [-0.05, 0) is 43.6 Å². The standard InChI is InChI=1S/C16H31NO2S/c1-4-17-15-14(10-7-11-16(15,2)3)20(18,19)12-13-8-5-6-9-13/h13-15,17H,4-12H2,1-3H3. The van der Waals surface area contributed by atoms with E-state index in [9.17, 15) is 8.42 Å². The van der Waals surface area contributed by atoms with E-state index >= 15 is 0 Å². The Hall–Kier alpha value is -0.0900. The molecule has 0 bridgehead atoms. The second-order valence-corrected chi connectivity index (χ2v) is 9.70. The SMILES string of the molecule is CCNC1C(S(=O)(=O)CC2CCCC2)CCCC1(C)C. The van der Waals surface area contributed by atoms with Crippen LogP contribution >= 0.6 is 0 Å². The molecule has 0 heterocycles. The lowest BCUT2D eigenvalue weighted by molar-refractivity contribution is 0.172. The number of hydrogen-bond acceptors (Lipinski definition) is 3. The minimum Gasteiger partial charge on any atom is -0.312 e. The highest BCUT2D eigenvalue weighted by atomic mass is 32.2. The van der Waals surface area contributed by atoms with Gasteiger partial charge in [-0.3, -0.25) is 0 Å². The molecule has 2 aliphatic carbocycles. The summed E-state index contributed by atoms with van der Waals surface area (Å²) >= 11 is 0. The van der Waals surface area contributed by atoms with Crippen molar-refractivity contribution in [3.05, 3.63) is 0 Å². The highest BCUT2D eigenvalue weighted by Crippen LogP contribution is 2.39. The first-order chi connectivity index (χ1) is 9.37. The van der Waals surface area contributed by atoms with Gasteiger partial charge in [0.15, 0.2) is 9.84 Å². The van der Waals surface area contributed by atoms with Crippen LogP contribution in [0.2, 0.25) is 0 Å². The van der Waals surface area contributed by atoms with Crippen molar-refractivity contribution < 1.29 is 8.42 Å². The van der Waals surface area contributed by atoms with E-state index in [-0.39, 0.29) is 16.7 Å². The largest absolute Gasteiger partial charge is 0.312 e. The van der Waals surface area contributed by atoms with E-state index < -0.39 is 9.84 Å². The maximum atomic E-state index is 12.9. The van der Waals surface area contributed by atoms with Gasteiger partial charge >= 0.3 is 0 Å². The predicted octanol–water partition coefficient (Wildman–Crippen LogP) is 3.15. The Balaban J connectivity index is 2.14. The molecular weight excluding hydrogens is 270 g/mol. The van der Waals surface area contributed by atoms with Crippen LogP contribution in [0.4, 0.5) is 0 Å². The van der Waals surface area contributed by atoms with E-state index in [0.29, 0.717) is 11.7 Å². The Labute approximate surface area is 124 Å². The molecule has 0 radical (unpaired) electrons. The Morgan fingerprint density at radius 3 is 2.35 bits per heavy atom. The molecule has 3 nitrogen and oxygen atoms in total. The first kappa shape index (κ1) is 16.3. The molecular formula is C16H31NO2S. The third-order valence-corrected chi connectivity index (χ3v) is 7.72. The van der Waals surface area contributed by atoms with Crippen molar-refractivity contribution in [2.45, 2.75) is 77.0 Å². The highest BCUT2D eigenvalue weighted by molar-refractivity contribution is 7.92. The van der Waals surface area contributed by atoms with Gasteiger partial charge in [-0.15, -0.1) is 0 Å². The Bertz CT molecular complexity index is 410. The molecule has 4 heteroatoms. The normalized spacial score (nSPS) is 31.6. The minimum atomic E-state index is -2.97. The van der Waals surface area contributed by atoms with Gasteiger partial charge in [0.25, 0.3) is 0 Å². The summed E-state index contributed by atoms with van der Waals surface area (Å²) in [6.45, 7) is 7.37. The molecule has 2 rings (SSSR count). The molecule has 1 N–H and O–H groups in total. The molecule has 2 atom stereocenters. The number of nitrogens with one attached hydrogen (secondary N) is 1. The van der Waals surface area contributed by atoms with Crippen LogP contribution in [-0.2, 0) is 9.84 Å². The second kappa shape index (κ2) is 6.35. The van der Waals surface area contributed by atoms with Crippen LogP contribution in [0.3, 0.4) is 0 Å². The van der Waals surface area contributed by atoms with Crippen molar-refractivity contribution in [3.63, 3.8) is 0 Å². The van der Waals surface area contributed by atoms with Gasteiger partial charge in [-0.1, -0.05) is 40.0 Å². The fourth-order valence-electron chi connectivity index (χ4n) is 4.23. The van der Waals surface area contributed by atoms with Crippen LogP contribution in [0.25, 0.3) is 0 Å². The predicted molar refractivity (Wildman–Crippen MR) is 84.6 cm³/mol. The summed E-state index contributed by atoms with van der Waals surface area (Å²) < 4.78 is 25.7. The van der Waals surface area contributed by atoms with Crippen LogP contribution in [-0.4, -0.2) is 32.0 Å².